The van der Waals surface area contributed by atoms with Gasteiger partial charge in [-0.15, -0.1) is 22.7 Å². The first-order valence-corrected chi connectivity index (χ1v) is 7.58. The molecule has 0 aliphatic carbocycles. The van der Waals surface area contributed by atoms with E-state index in [1.807, 2.05) is 22.9 Å². The summed E-state index contributed by atoms with van der Waals surface area (Å²) in [6.07, 6.45) is 0. The van der Waals surface area contributed by atoms with Gasteiger partial charge in [-0.3, -0.25) is 0 Å². The lowest BCUT2D eigenvalue weighted by molar-refractivity contribution is 0.0697. The summed E-state index contributed by atoms with van der Waals surface area (Å²) >= 11 is 3.17. The van der Waals surface area contributed by atoms with Gasteiger partial charge in [-0.2, -0.15) is 0 Å². The molecule has 0 unspecified atom stereocenters. The van der Waals surface area contributed by atoms with Crippen LogP contribution in [0.4, 0.5) is 10.8 Å². The number of carbonyl (C=O) groups is 1. The normalized spacial score (nSPS) is 10.4. The fourth-order valence-corrected chi connectivity index (χ4v) is 3.18. The minimum atomic E-state index is -0.925. The molecule has 0 saturated carbocycles. The molecular formula is C14H10N2O2S2. The van der Waals surface area contributed by atoms with E-state index >= 15 is 0 Å². The first kappa shape index (κ1) is 12.8. The van der Waals surface area contributed by atoms with Crippen molar-refractivity contribution in [2.75, 3.05) is 5.32 Å². The van der Waals surface area contributed by atoms with Crippen LogP contribution >= 0.6 is 22.7 Å². The first-order chi connectivity index (χ1) is 9.72. The third-order valence-electron chi connectivity index (χ3n) is 2.66. The zero-order chi connectivity index (χ0) is 13.9. The Morgan fingerprint density at radius 1 is 1.15 bits per heavy atom. The molecule has 0 atom stereocenters. The minimum absolute atomic E-state index is 0.272. The second-order valence-electron chi connectivity index (χ2n) is 4.02. The van der Waals surface area contributed by atoms with Crippen molar-refractivity contribution < 1.29 is 9.90 Å². The van der Waals surface area contributed by atoms with Crippen molar-refractivity contribution in [1.82, 2.24) is 4.98 Å². The Morgan fingerprint density at radius 2 is 1.95 bits per heavy atom. The number of hydrogen-bond donors (Lipinski definition) is 2. The molecule has 0 fully saturated rings. The highest BCUT2D eigenvalue weighted by Crippen LogP contribution is 2.29. The Balaban J connectivity index is 1.76. The van der Waals surface area contributed by atoms with Crippen LogP contribution in [0.5, 0.6) is 0 Å². The van der Waals surface area contributed by atoms with Crippen LogP contribution < -0.4 is 5.32 Å². The smallest absolute Gasteiger partial charge is 0.335 e. The van der Waals surface area contributed by atoms with Crippen LogP contribution in [0.15, 0.2) is 47.2 Å². The van der Waals surface area contributed by atoms with Crippen LogP contribution in [0.2, 0.25) is 0 Å². The molecule has 0 aliphatic heterocycles. The fraction of sp³-hybridized carbons (Fsp3) is 0. The average Bonchev–Trinajstić information content (AvgIpc) is 3.09. The Bertz CT molecular complexity index is 718. The van der Waals surface area contributed by atoms with Gasteiger partial charge in [-0.05, 0) is 35.7 Å². The van der Waals surface area contributed by atoms with E-state index in [9.17, 15) is 4.79 Å². The second-order valence-corrected chi connectivity index (χ2v) is 5.83. The van der Waals surface area contributed by atoms with E-state index in [0.29, 0.717) is 0 Å². The molecular weight excluding hydrogens is 292 g/mol. The number of nitrogens with one attached hydrogen (secondary N) is 1. The van der Waals surface area contributed by atoms with Crippen molar-refractivity contribution >= 4 is 39.5 Å². The van der Waals surface area contributed by atoms with Crippen LogP contribution in [0.25, 0.3) is 10.6 Å². The molecule has 2 aromatic heterocycles. The summed E-state index contributed by atoms with van der Waals surface area (Å²) in [6.45, 7) is 0. The highest BCUT2D eigenvalue weighted by molar-refractivity contribution is 7.16. The predicted octanol–water partition coefficient (Wildman–Crippen LogP) is 4.31. The van der Waals surface area contributed by atoms with Gasteiger partial charge in [0, 0.05) is 11.1 Å². The maximum absolute atomic E-state index is 10.8. The van der Waals surface area contributed by atoms with Crippen molar-refractivity contribution in [2.45, 2.75) is 0 Å². The molecule has 3 rings (SSSR count). The standard InChI is InChI=1S/C14H10N2O2S2/c17-13(18)9-3-5-10(6-4-9)15-14-16-11(8-20-14)12-2-1-7-19-12/h1-8H,(H,15,16)(H,17,18). The van der Waals surface area contributed by atoms with E-state index in [-0.39, 0.29) is 5.56 Å². The van der Waals surface area contributed by atoms with Crippen LogP contribution in [-0.4, -0.2) is 16.1 Å². The molecule has 2 N–H and O–H groups in total. The number of benzene rings is 1. The molecule has 0 aliphatic rings. The molecule has 0 saturated heterocycles. The zero-order valence-electron chi connectivity index (χ0n) is 10.2. The lowest BCUT2D eigenvalue weighted by Crippen LogP contribution is -1.96. The summed E-state index contributed by atoms with van der Waals surface area (Å²) < 4.78 is 0. The van der Waals surface area contributed by atoms with Crippen molar-refractivity contribution in [1.29, 1.82) is 0 Å². The first-order valence-electron chi connectivity index (χ1n) is 5.82. The molecule has 20 heavy (non-hydrogen) atoms. The van der Waals surface area contributed by atoms with Crippen molar-refractivity contribution in [3.63, 3.8) is 0 Å². The van der Waals surface area contributed by atoms with Gasteiger partial charge in [0.15, 0.2) is 5.13 Å². The van der Waals surface area contributed by atoms with Gasteiger partial charge in [0.05, 0.1) is 16.1 Å². The fourth-order valence-electron chi connectivity index (χ4n) is 1.69. The maximum Gasteiger partial charge on any atom is 0.335 e. The van der Waals surface area contributed by atoms with Gasteiger partial charge in [-0.1, -0.05) is 6.07 Å². The van der Waals surface area contributed by atoms with Gasteiger partial charge >= 0.3 is 5.97 Å². The van der Waals surface area contributed by atoms with Gasteiger partial charge in [-0.25, -0.2) is 9.78 Å². The Kier molecular flexibility index (Phi) is 3.49. The van der Waals surface area contributed by atoms with Gasteiger partial charge in [0.1, 0.15) is 0 Å². The zero-order valence-corrected chi connectivity index (χ0v) is 11.9. The third-order valence-corrected chi connectivity index (χ3v) is 4.31. The summed E-state index contributed by atoms with van der Waals surface area (Å²) in [7, 11) is 0. The topological polar surface area (TPSA) is 62.2 Å². The predicted molar refractivity (Wildman–Crippen MR) is 82.1 cm³/mol. The monoisotopic (exact) mass is 302 g/mol. The SMILES string of the molecule is O=C(O)c1ccc(Nc2nc(-c3cccs3)cs2)cc1. The molecule has 100 valence electrons. The van der Waals surface area contributed by atoms with E-state index in [1.165, 1.54) is 11.3 Å². The van der Waals surface area contributed by atoms with Crippen molar-refractivity contribution in [2.24, 2.45) is 0 Å². The van der Waals surface area contributed by atoms with Crippen molar-refractivity contribution in [3.8, 4) is 10.6 Å². The number of rotatable bonds is 4. The van der Waals surface area contributed by atoms with Crippen LogP contribution in [0.1, 0.15) is 10.4 Å². The molecule has 3 aromatic rings. The molecule has 2 heterocycles. The molecule has 0 spiro atoms. The van der Waals surface area contributed by atoms with E-state index in [0.717, 1.165) is 21.4 Å². The molecule has 0 amide bonds. The quantitative estimate of drug-likeness (QED) is 0.753. The number of anilines is 2. The summed E-state index contributed by atoms with van der Waals surface area (Å²) in [4.78, 5) is 16.4. The highest BCUT2D eigenvalue weighted by Gasteiger charge is 2.06. The Morgan fingerprint density at radius 3 is 2.60 bits per heavy atom. The van der Waals surface area contributed by atoms with E-state index in [2.05, 4.69) is 10.3 Å². The summed E-state index contributed by atoms with van der Waals surface area (Å²) in [6, 6.07) is 10.6. The third kappa shape index (κ3) is 2.71. The molecule has 0 bridgehead atoms. The van der Waals surface area contributed by atoms with Crippen LogP contribution in [0.3, 0.4) is 0 Å². The second kappa shape index (κ2) is 5.44. The molecule has 6 heteroatoms. The summed E-state index contributed by atoms with van der Waals surface area (Å²) in [5, 5.41) is 16.8. The maximum atomic E-state index is 10.8. The number of aromatic carboxylic acids is 1. The van der Waals surface area contributed by atoms with E-state index in [1.54, 1.807) is 35.6 Å². The number of hydrogen-bond acceptors (Lipinski definition) is 5. The largest absolute Gasteiger partial charge is 0.478 e. The Hall–Kier alpha value is -2.18. The minimum Gasteiger partial charge on any atom is -0.478 e. The van der Waals surface area contributed by atoms with Crippen LogP contribution in [-0.2, 0) is 0 Å². The molecule has 0 radical (unpaired) electrons. The number of thiazole rings is 1. The highest BCUT2D eigenvalue weighted by atomic mass is 32.1. The number of carboxylic acid groups (broad SMARTS) is 1. The summed E-state index contributed by atoms with van der Waals surface area (Å²) in [5.74, 6) is -0.925. The van der Waals surface area contributed by atoms with E-state index < -0.39 is 5.97 Å². The van der Waals surface area contributed by atoms with E-state index in [4.69, 9.17) is 5.11 Å². The average molecular weight is 302 g/mol. The molecule has 4 nitrogen and oxygen atoms in total. The number of thiophene rings is 1. The lowest BCUT2D eigenvalue weighted by Gasteiger charge is -2.02. The lowest BCUT2D eigenvalue weighted by atomic mass is 10.2. The number of carboxylic acids is 1. The van der Waals surface area contributed by atoms with Crippen molar-refractivity contribution in [3.05, 3.63) is 52.7 Å². The molecule has 1 aromatic carbocycles. The summed E-state index contributed by atoms with van der Waals surface area (Å²) in [5.41, 5.74) is 2.05. The van der Waals surface area contributed by atoms with Gasteiger partial charge in [0.2, 0.25) is 0 Å². The Labute approximate surface area is 123 Å². The number of aromatic nitrogens is 1. The number of nitrogens with zero attached hydrogens (tertiary/aromatic N) is 1. The van der Waals surface area contributed by atoms with Gasteiger partial charge < -0.3 is 10.4 Å². The van der Waals surface area contributed by atoms with Crippen LogP contribution in [0, 0.1) is 0 Å². The van der Waals surface area contributed by atoms with Gasteiger partial charge in [0.25, 0.3) is 0 Å².